The van der Waals surface area contributed by atoms with Crippen molar-refractivity contribution in [3.8, 4) is 6.07 Å². The minimum absolute atomic E-state index is 0.0821. The molecule has 1 aliphatic rings. The van der Waals surface area contributed by atoms with Crippen LogP contribution in [-0.4, -0.2) is 24.1 Å². The third-order valence-electron chi connectivity index (χ3n) is 4.08. The topological polar surface area (TPSA) is 73.2 Å². The van der Waals surface area contributed by atoms with E-state index in [4.69, 9.17) is 11.6 Å². The van der Waals surface area contributed by atoms with E-state index in [1.807, 2.05) is 36.4 Å². The van der Waals surface area contributed by atoms with E-state index in [1.165, 1.54) is 23.7 Å². The summed E-state index contributed by atoms with van der Waals surface area (Å²) in [4.78, 5) is 26.7. The molecule has 1 N–H and O–H groups in total. The Morgan fingerprint density at radius 2 is 1.89 bits per heavy atom. The first-order valence-corrected chi connectivity index (χ1v) is 9.47. The third kappa shape index (κ3) is 4.00. The van der Waals surface area contributed by atoms with Crippen molar-refractivity contribution in [2.24, 2.45) is 0 Å². The van der Waals surface area contributed by atoms with Crippen LogP contribution >= 0.6 is 23.4 Å². The lowest BCUT2D eigenvalue weighted by molar-refractivity contribution is -0.117. The molecule has 1 heterocycles. The van der Waals surface area contributed by atoms with E-state index in [0.29, 0.717) is 22.2 Å². The number of nitrogens with zero attached hydrogens (tertiary/aromatic N) is 2. The third-order valence-corrected chi connectivity index (χ3v) is 5.60. The summed E-state index contributed by atoms with van der Waals surface area (Å²) in [5.41, 5.74) is 1.50. The highest BCUT2D eigenvalue weighted by Crippen LogP contribution is 2.42. The molecule has 0 saturated carbocycles. The Kier molecular flexibility index (Phi) is 5.84. The molecular weight excluding hydrogens is 382 g/mol. The summed E-state index contributed by atoms with van der Waals surface area (Å²) < 4.78 is 0. The van der Waals surface area contributed by atoms with Gasteiger partial charge in [-0.25, -0.2) is 0 Å². The van der Waals surface area contributed by atoms with Gasteiger partial charge >= 0.3 is 0 Å². The van der Waals surface area contributed by atoms with Crippen molar-refractivity contribution in [3.05, 3.63) is 75.8 Å². The number of benzene rings is 2. The van der Waals surface area contributed by atoms with Crippen LogP contribution in [0.3, 0.4) is 0 Å². The van der Waals surface area contributed by atoms with E-state index < -0.39 is 11.2 Å². The Hall–Kier alpha value is -2.75. The molecule has 1 atom stereocenters. The molecule has 3 rings (SSSR count). The van der Waals surface area contributed by atoms with Crippen LogP contribution in [0, 0.1) is 11.3 Å². The number of likely N-dealkylation sites (N-methyl/N-ethyl adjacent to an activating group) is 1. The average Bonchev–Trinajstić information content (AvgIpc) is 3.00. The van der Waals surface area contributed by atoms with Crippen molar-refractivity contribution in [2.45, 2.75) is 11.7 Å². The van der Waals surface area contributed by atoms with Crippen LogP contribution < -0.4 is 10.2 Å². The predicted octanol–water partition coefficient (Wildman–Crippen LogP) is 3.51. The standard InChI is InChI=1S/C20H16ClN3O2S/c1-23-18(25)16(12-22)20-24(15-9-7-14(21)8-10-15)19(26)17(27-20)11-13-5-3-2-4-6-13/h2-10,17H,11H2,1H3,(H,23,25)/b20-16+/t17-/m1/s1. The lowest BCUT2D eigenvalue weighted by atomic mass is 10.1. The van der Waals surface area contributed by atoms with E-state index in [0.717, 1.165) is 5.56 Å². The zero-order valence-corrected chi connectivity index (χ0v) is 16.1. The van der Waals surface area contributed by atoms with Crippen LogP contribution in [0.4, 0.5) is 5.69 Å². The van der Waals surface area contributed by atoms with E-state index in [-0.39, 0.29) is 11.5 Å². The zero-order chi connectivity index (χ0) is 19.4. The second kappa shape index (κ2) is 8.30. The lowest BCUT2D eigenvalue weighted by Crippen LogP contribution is -2.31. The maximum Gasteiger partial charge on any atom is 0.264 e. The Balaban J connectivity index is 2.04. The second-order valence-electron chi connectivity index (χ2n) is 5.82. The van der Waals surface area contributed by atoms with Gasteiger partial charge in [-0.15, -0.1) is 0 Å². The minimum Gasteiger partial charge on any atom is -0.354 e. The first-order valence-electron chi connectivity index (χ1n) is 8.21. The highest BCUT2D eigenvalue weighted by atomic mass is 35.5. The van der Waals surface area contributed by atoms with E-state index >= 15 is 0 Å². The van der Waals surface area contributed by atoms with Crippen LogP contribution in [0.15, 0.2) is 65.2 Å². The van der Waals surface area contributed by atoms with E-state index in [2.05, 4.69) is 5.32 Å². The fraction of sp³-hybridized carbons (Fsp3) is 0.150. The molecule has 136 valence electrons. The molecule has 0 spiro atoms. The largest absolute Gasteiger partial charge is 0.354 e. The van der Waals surface area contributed by atoms with Gasteiger partial charge in [-0.05, 0) is 36.2 Å². The molecular formula is C20H16ClN3O2S. The lowest BCUT2D eigenvalue weighted by Gasteiger charge is -2.18. The number of anilines is 1. The summed E-state index contributed by atoms with van der Waals surface area (Å²) in [7, 11) is 1.45. The van der Waals surface area contributed by atoms with Crippen molar-refractivity contribution in [1.29, 1.82) is 5.26 Å². The van der Waals surface area contributed by atoms with Gasteiger partial charge in [0.2, 0.25) is 5.91 Å². The summed E-state index contributed by atoms with van der Waals surface area (Å²) in [5, 5.41) is 12.4. The van der Waals surface area contributed by atoms with Gasteiger partial charge in [-0.1, -0.05) is 53.7 Å². The van der Waals surface area contributed by atoms with Crippen molar-refractivity contribution in [3.63, 3.8) is 0 Å². The molecule has 1 fully saturated rings. The molecule has 7 heteroatoms. The molecule has 2 aromatic rings. The molecule has 0 radical (unpaired) electrons. The molecule has 1 aliphatic heterocycles. The molecule has 2 amide bonds. The van der Waals surface area contributed by atoms with E-state index in [9.17, 15) is 14.9 Å². The number of amides is 2. The summed E-state index contributed by atoms with van der Waals surface area (Å²) in [5.74, 6) is -0.690. The number of thioether (sulfide) groups is 1. The number of halogens is 1. The summed E-state index contributed by atoms with van der Waals surface area (Å²) in [6.45, 7) is 0. The molecule has 0 unspecified atom stereocenters. The van der Waals surface area contributed by atoms with Gasteiger partial charge in [0.1, 0.15) is 16.7 Å². The Labute approximate surface area is 166 Å². The minimum atomic E-state index is -0.521. The Bertz CT molecular complexity index is 936. The van der Waals surface area contributed by atoms with E-state index in [1.54, 1.807) is 24.3 Å². The molecule has 27 heavy (non-hydrogen) atoms. The highest BCUT2D eigenvalue weighted by molar-refractivity contribution is 8.05. The van der Waals surface area contributed by atoms with Crippen molar-refractivity contribution < 1.29 is 9.59 Å². The molecule has 0 aliphatic carbocycles. The molecule has 1 saturated heterocycles. The van der Waals surface area contributed by atoms with Gasteiger partial charge < -0.3 is 5.32 Å². The van der Waals surface area contributed by atoms with Crippen LogP contribution in [-0.2, 0) is 16.0 Å². The van der Waals surface area contributed by atoms with Crippen molar-refractivity contribution in [1.82, 2.24) is 5.32 Å². The highest BCUT2D eigenvalue weighted by Gasteiger charge is 2.40. The number of rotatable bonds is 4. The zero-order valence-electron chi connectivity index (χ0n) is 14.5. The summed E-state index contributed by atoms with van der Waals surface area (Å²) in [6.07, 6.45) is 0.504. The quantitative estimate of drug-likeness (QED) is 0.632. The van der Waals surface area contributed by atoms with Gasteiger partial charge in [0.25, 0.3) is 5.91 Å². The molecule has 5 nitrogen and oxygen atoms in total. The summed E-state index contributed by atoms with van der Waals surface area (Å²) >= 11 is 7.19. The predicted molar refractivity (Wildman–Crippen MR) is 107 cm³/mol. The number of nitriles is 1. The van der Waals surface area contributed by atoms with Crippen LogP contribution in [0.5, 0.6) is 0 Å². The average molecular weight is 398 g/mol. The molecule has 2 aromatic carbocycles. The van der Waals surface area contributed by atoms with Crippen molar-refractivity contribution in [2.75, 3.05) is 11.9 Å². The number of hydrogen-bond acceptors (Lipinski definition) is 4. The van der Waals surface area contributed by atoms with Gasteiger partial charge in [0, 0.05) is 17.8 Å². The second-order valence-corrected chi connectivity index (χ2v) is 7.45. The maximum atomic E-state index is 13.1. The van der Waals surface area contributed by atoms with Crippen molar-refractivity contribution >= 4 is 40.9 Å². The number of nitrogens with one attached hydrogen (secondary N) is 1. The number of carbonyl (C=O) groups excluding carboxylic acids is 2. The fourth-order valence-electron chi connectivity index (χ4n) is 2.77. The molecule has 0 bridgehead atoms. The number of carbonyl (C=O) groups is 2. The Morgan fingerprint density at radius 3 is 2.48 bits per heavy atom. The van der Waals surface area contributed by atoms with Gasteiger partial charge in [0.05, 0.1) is 5.25 Å². The monoisotopic (exact) mass is 397 g/mol. The Morgan fingerprint density at radius 1 is 1.22 bits per heavy atom. The first kappa shape index (κ1) is 19.0. The van der Waals surface area contributed by atoms with Gasteiger partial charge in [-0.3, -0.25) is 14.5 Å². The van der Waals surface area contributed by atoms with Gasteiger partial charge in [-0.2, -0.15) is 5.26 Å². The smallest absolute Gasteiger partial charge is 0.264 e. The molecule has 0 aromatic heterocycles. The maximum absolute atomic E-state index is 13.1. The first-order chi connectivity index (χ1) is 13.0. The van der Waals surface area contributed by atoms with Gasteiger partial charge in [0.15, 0.2) is 0 Å². The number of hydrogen-bond donors (Lipinski definition) is 1. The SMILES string of the molecule is CNC(=O)/C(C#N)=C1/S[C@H](Cc2ccccc2)C(=O)N1c1ccc(Cl)cc1. The van der Waals surface area contributed by atoms with Crippen LogP contribution in [0.1, 0.15) is 5.56 Å². The van der Waals surface area contributed by atoms with Crippen LogP contribution in [0.2, 0.25) is 5.02 Å². The fourth-order valence-corrected chi connectivity index (χ4v) is 4.20. The normalized spacial score (nSPS) is 18.2. The summed E-state index contributed by atoms with van der Waals surface area (Å²) in [6, 6.07) is 18.3. The van der Waals surface area contributed by atoms with Crippen LogP contribution in [0.25, 0.3) is 0 Å².